The van der Waals surface area contributed by atoms with Gasteiger partial charge in [0.2, 0.25) is 0 Å². The molecule has 1 aliphatic heterocycles. The molecule has 0 aliphatic carbocycles. The molecule has 0 saturated carbocycles. The van der Waals surface area contributed by atoms with E-state index in [9.17, 15) is 4.39 Å². The molecule has 0 bridgehead atoms. The molecule has 1 saturated heterocycles. The van der Waals surface area contributed by atoms with E-state index in [1.165, 1.54) is 0 Å². The highest BCUT2D eigenvalue weighted by Gasteiger charge is 2.25. The molecule has 0 radical (unpaired) electrons. The molecule has 1 fully saturated rings. The van der Waals surface area contributed by atoms with E-state index in [2.05, 4.69) is 5.32 Å². The number of piperidine rings is 1. The van der Waals surface area contributed by atoms with Gasteiger partial charge in [-0.2, -0.15) is 0 Å². The van der Waals surface area contributed by atoms with Crippen LogP contribution >= 0.6 is 11.6 Å². The molecule has 76 valence electrons. The Bertz CT molecular complexity index is 299. The minimum Gasteiger partial charge on any atom is -0.316 e. The number of hydrogen-bond donors (Lipinski definition) is 1. The summed E-state index contributed by atoms with van der Waals surface area (Å²) in [6.45, 7) is 1.51. The van der Waals surface area contributed by atoms with Gasteiger partial charge >= 0.3 is 0 Å². The molecule has 1 aliphatic rings. The van der Waals surface area contributed by atoms with Crippen LogP contribution in [0.2, 0.25) is 5.02 Å². The largest absolute Gasteiger partial charge is 0.316 e. The highest BCUT2D eigenvalue weighted by molar-refractivity contribution is 6.30. The number of benzene rings is 1. The van der Waals surface area contributed by atoms with Crippen molar-refractivity contribution >= 4 is 11.6 Å². The minimum atomic E-state index is -0.725. The highest BCUT2D eigenvalue weighted by Crippen LogP contribution is 2.26. The predicted molar refractivity (Wildman–Crippen MR) is 56.6 cm³/mol. The third kappa shape index (κ3) is 2.07. The normalized spacial score (nSPS) is 27.6. The van der Waals surface area contributed by atoms with E-state index in [4.69, 9.17) is 11.6 Å². The second-order valence-corrected chi connectivity index (χ2v) is 4.10. The Morgan fingerprint density at radius 1 is 1.29 bits per heavy atom. The van der Waals surface area contributed by atoms with Gasteiger partial charge in [0, 0.05) is 17.5 Å². The predicted octanol–water partition coefficient (Wildman–Crippen LogP) is 2.76. The van der Waals surface area contributed by atoms with Crippen LogP contribution in [0.1, 0.15) is 17.9 Å². The number of alkyl halides is 1. The summed E-state index contributed by atoms with van der Waals surface area (Å²) < 4.78 is 13.6. The first-order valence-corrected chi connectivity index (χ1v) is 5.25. The standard InChI is InChI=1S/C11H13ClFN/c12-9-3-1-8(2-4-9)10-7-14-6-5-11(10)13/h1-4,10-11,14H,5-7H2. The Morgan fingerprint density at radius 2 is 2.00 bits per heavy atom. The molecule has 2 rings (SSSR count). The van der Waals surface area contributed by atoms with Crippen LogP contribution < -0.4 is 5.32 Å². The monoisotopic (exact) mass is 213 g/mol. The zero-order valence-electron chi connectivity index (χ0n) is 7.84. The molecule has 1 N–H and O–H groups in total. The summed E-state index contributed by atoms with van der Waals surface area (Å²) in [5.41, 5.74) is 1.04. The van der Waals surface area contributed by atoms with Gasteiger partial charge in [0.25, 0.3) is 0 Å². The fourth-order valence-electron chi connectivity index (χ4n) is 1.86. The fourth-order valence-corrected chi connectivity index (χ4v) is 1.99. The topological polar surface area (TPSA) is 12.0 Å². The number of hydrogen-bond acceptors (Lipinski definition) is 1. The summed E-state index contributed by atoms with van der Waals surface area (Å²) in [6.07, 6.45) is -0.120. The van der Waals surface area contributed by atoms with Crippen molar-refractivity contribution in [2.75, 3.05) is 13.1 Å². The van der Waals surface area contributed by atoms with E-state index in [0.29, 0.717) is 11.4 Å². The summed E-state index contributed by atoms with van der Waals surface area (Å²) in [7, 11) is 0. The molecule has 2 atom stereocenters. The first-order valence-electron chi connectivity index (χ1n) is 4.87. The maximum absolute atomic E-state index is 13.6. The average Bonchev–Trinajstić information content (AvgIpc) is 2.20. The van der Waals surface area contributed by atoms with Gasteiger partial charge in [-0.25, -0.2) is 4.39 Å². The van der Waals surface area contributed by atoms with Crippen molar-refractivity contribution in [1.82, 2.24) is 5.32 Å². The Hall–Kier alpha value is -0.600. The summed E-state index contributed by atoms with van der Waals surface area (Å²) in [6, 6.07) is 7.45. The molecule has 1 heterocycles. The SMILES string of the molecule is FC1CCNCC1c1ccc(Cl)cc1. The van der Waals surface area contributed by atoms with Gasteiger partial charge in [0.1, 0.15) is 6.17 Å². The molecule has 0 aromatic heterocycles. The zero-order valence-corrected chi connectivity index (χ0v) is 8.60. The van der Waals surface area contributed by atoms with Crippen molar-refractivity contribution in [3.8, 4) is 0 Å². The van der Waals surface area contributed by atoms with Crippen molar-refractivity contribution in [2.24, 2.45) is 0 Å². The van der Waals surface area contributed by atoms with Gasteiger partial charge < -0.3 is 5.32 Å². The number of rotatable bonds is 1. The second-order valence-electron chi connectivity index (χ2n) is 3.67. The van der Waals surface area contributed by atoms with E-state index in [1.54, 1.807) is 0 Å². The Balaban J connectivity index is 2.16. The third-order valence-corrected chi connectivity index (χ3v) is 2.95. The molecule has 1 aromatic rings. The van der Waals surface area contributed by atoms with Gasteiger partial charge in [0.15, 0.2) is 0 Å². The van der Waals surface area contributed by atoms with E-state index >= 15 is 0 Å². The molecule has 0 spiro atoms. The fraction of sp³-hybridized carbons (Fsp3) is 0.455. The molecular formula is C11H13ClFN. The van der Waals surface area contributed by atoms with Crippen molar-refractivity contribution in [1.29, 1.82) is 0 Å². The smallest absolute Gasteiger partial charge is 0.109 e. The lowest BCUT2D eigenvalue weighted by Gasteiger charge is -2.27. The molecule has 2 unspecified atom stereocenters. The van der Waals surface area contributed by atoms with E-state index < -0.39 is 6.17 Å². The molecular weight excluding hydrogens is 201 g/mol. The summed E-state index contributed by atoms with van der Waals surface area (Å²) >= 11 is 5.78. The van der Waals surface area contributed by atoms with Crippen LogP contribution in [0, 0.1) is 0 Å². The first kappa shape index (κ1) is 9.94. The van der Waals surface area contributed by atoms with Gasteiger partial charge in [-0.1, -0.05) is 23.7 Å². The average molecular weight is 214 g/mol. The van der Waals surface area contributed by atoms with Crippen molar-refractivity contribution in [2.45, 2.75) is 18.5 Å². The molecule has 3 heteroatoms. The molecule has 1 nitrogen and oxygen atoms in total. The van der Waals surface area contributed by atoms with Gasteiger partial charge in [-0.05, 0) is 30.7 Å². The van der Waals surface area contributed by atoms with Crippen LogP contribution in [0.15, 0.2) is 24.3 Å². The van der Waals surface area contributed by atoms with Crippen LogP contribution in [-0.2, 0) is 0 Å². The van der Waals surface area contributed by atoms with Gasteiger partial charge in [-0.3, -0.25) is 0 Å². The van der Waals surface area contributed by atoms with Crippen LogP contribution in [0.25, 0.3) is 0 Å². The first-order chi connectivity index (χ1) is 6.77. The maximum Gasteiger partial charge on any atom is 0.109 e. The summed E-state index contributed by atoms with van der Waals surface area (Å²) in [5, 5.41) is 3.91. The van der Waals surface area contributed by atoms with E-state index in [-0.39, 0.29) is 5.92 Å². The van der Waals surface area contributed by atoms with Crippen molar-refractivity contribution < 1.29 is 4.39 Å². The lowest BCUT2D eigenvalue weighted by atomic mass is 9.90. The van der Waals surface area contributed by atoms with Crippen LogP contribution in [0.4, 0.5) is 4.39 Å². The zero-order chi connectivity index (χ0) is 9.97. The highest BCUT2D eigenvalue weighted by atomic mass is 35.5. The van der Waals surface area contributed by atoms with Crippen LogP contribution in [-0.4, -0.2) is 19.3 Å². The van der Waals surface area contributed by atoms with Crippen molar-refractivity contribution in [3.63, 3.8) is 0 Å². The second kappa shape index (κ2) is 4.28. The van der Waals surface area contributed by atoms with Gasteiger partial charge in [-0.15, -0.1) is 0 Å². The lowest BCUT2D eigenvalue weighted by molar-refractivity contribution is 0.228. The Morgan fingerprint density at radius 3 is 2.64 bits per heavy atom. The van der Waals surface area contributed by atoms with E-state index in [1.807, 2.05) is 24.3 Å². The number of nitrogens with one attached hydrogen (secondary N) is 1. The lowest BCUT2D eigenvalue weighted by Crippen LogP contribution is -2.36. The molecule has 1 aromatic carbocycles. The minimum absolute atomic E-state index is 0.0129. The number of halogens is 2. The van der Waals surface area contributed by atoms with Crippen molar-refractivity contribution in [3.05, 3.63) is 34.9 Å². The van der Waals surface area contributed by atoms with E-state index in [0.717, 1.165) is 18.7 Å². The Labute approximate surface area is 88.3 Å². The summed E-state index contributed by atoms with van der Waals surface area (Å²) in [5.74, 6) is -0.0129. The Kier molecular flexibility index (Phi) is 3.04. The summed E-state index contributed by atoms with van der Waals surface area (Å²) in [4.78, 5) is 0. The molecule has 14 heavy (non-hydrogen) atoms. The maximum atomic E-state index is 13.6. The van der Waals surface area contributed by atoms with Gasteiger partial charge in [0.05, 0.1) is 0 Å². The van der Waals surface area contributed by atoms with Crippen LogP contribution in [0.3, 0.4) is 0 Å². The van der Waals surface area contributed by atoms with Crippen LogP contribution in [0.5, 0.6) is 0 Å². The third-order valence-electron chi connectivity index (χ3n) is 2.70. The quantitative estimate of drug-likeness (QED) is 0.757. The molecule has 0 amide bonds.